The predicted molar refractivity (Wildman–Crippen MR) is 69.0 cm³/mol. The molecule has 17 heavy (non-hydrogen) atoms. The van der Waals surface area contributed by atoms with Gasteiger partial charge in [-0.05, 0) is 32.0 Å². The van der Waals surface area contributed by atoms with E-state index < -0.39 is 5.97 Å². The molecular weight excluding hydrogens is 284 g/mol. The summed E-state index contributed by atoms with van der Waals surface area (Å²) in [6.07, 6.45) is 0. The van der Waals surface area contributed by atoms with Crippen molar-refractivity contribution in [3.8, 4) is 6.07 Å². The van der Waals surface area contributed by atoms with Crippen LogP contribution in [-0.2, 0) is 4.79 Å². The molecule has 0 bridgehead atoms. The van der Waals surface area contributed by atoms with Gasteiger partial charge in [-0.25, -0.2) is 0 Å². The Labute approximate surface area is 109 Å². The first-order valence-electron chi connectivity index (χ1n) is 5.13. The molecule has 0 fully saturated rings. The van der Waals surface area contributed by atoms with Gasteiger partial charge in [-0.1, -0.05) is 15.9 Å². The molecule has 0 heterocycles. The van der Waals surface area contributed by atoms with Crippen molar-refractivity contribution in [2.24, 2.45) is 0 Å². The molecule has 0 saturated heterocycles. The Morgan fingerprint density at radius 3 is 2.71 bits per heavy atom. The monoisotopic (exact) mass is 296 g/mol. The SMILES string of the molecule is CC(C)N(CC(=O)O)c1ccc(Br)cc1C#N. The van der Waals surface area contributed by atoms with Crippen molar-refractivity contribution in [3.63, 3.8) is 0 Å². The summed E-state index contributed by atoms with van der Waals surface area (Å²) in [6.45, 7) is 3.67. The van der Waals surface area contributed by atoms with Gasteiger partial charge in [0.2, 0.25) is 0 Å². The Balaban J connectivity index is 3.19. The van der Waals surface area contributed by atoms with Crippen molar-refractivity contribution >= 4 is 27.6 Å². The summed E-state index contributed by atoms with van der Waals surface area (Å²) in [7, 11) is 0. The van der Waals surface area contributed by atoms with E-state index in [2.05, 4.69) is 22.0 Å². The molecule has 0 spiro atoms. The highest BCUT2D eigenvalue weighted by atomic mass is 79.9. The van der Waals surface area contributed by atoms with Gasteiger partial charge in [0, 0.05) is 10.5 Å². The predicted octanol–water partition coefficient (Wildman–Crippen LogP) is 2.62. The van der Waals surface area contributed by atoms with E-state index in [4.69, 9.17) is 10.4 Å². The number of hydrogen-bond donors (Lipinski definition) is 1. The van der Waals surface area contributed by atoms with Crippen LogP contribution < -0.4 is 4.90 Å². The zero-order valence-corrected chi connectivity index (χ0v) is 11.2. The van der Waals surface area contributed by atoms with Crippen molar-refractivity contribution in [2.45, 2.75) is 19.9 Å². The lowest BCUT2D eigenvalue weighted by molar-refractivity contribution is -0.135. The maximum atomic E-state index is 10.8. The molecule has 4 nitrogen and oxygen atoms in total. The molecule has 0 aromatic heterocycles. The highest BCUT2D eigenvalue weighted by Gasteiger charge is 2.17. The van der Waals surface area contributed by atoms with E-state index in [9.17, 15) is 4.79 Å². The Kier molecular flexibility index (Phi) is 4.53. The van der Waals surface area contributed by atoms with Crippen LogP contribution in [0.1, 0.15) is 19.4 Å². The Morgan fingerprint density at radius 1 is 1.59 bits per heavy atom. The molecule has 1 aromatic carbocycles. The average Bonchev–Trinajstić information content (AvgIpc) is 2.25. The number of carboxylic acid groups (broad SMARTS) is 1. The number of halogens is 1. The molecule has 0 aliphatic rings. The van der Waals surface area contributed by atoms with Crippen LogP contribution in [0.15, 0.2) is 22.7 Å². The van der Waals surface area contributed by atoms with Crippen molar-refractivity contribution < 1.29 is 9.90 Å². The lowest BCUT2D eigenvalue weighted by Crippen LogP contribution is -2.36. The summed E-state index contributed by atoms with van der Waals surface area (Å²) in [5.41, 5.74) is 1.11. The van der Waals surface area contributed by atoms with Crippen LogP contribution in [0.2, 0.25) is 0 Å². The number of nitriles is 1. The summed E-state index contributed by atoms with van der Waals surface area (Å²) < 4.78 is 0.803. The first-order valence-corrected chi connectivity index (χ1v) is 5.93. The largest absolute Gasteiger partial charge is 0.480 e. The molecule has 1 rings (SSSR count). The minimum absolute atomic E-state index is 0.0133. The topological polar surface area (TPSA) is 64.3 Å². The van der Waals surface area contributed by atoms with Gasteiger partial charge in [-0.2, -0.15) is 5.26 Å². The molecule has 0 unspecified atom stereocenters. The second kappa shape index (κ2) is 5.69. The fourth-order valence-electron chi connectivity index (χ4n) is 1.54. The van der Waals surface area contributed by atoms with Crippen molar-refractivity contribution in [1.29, 1.82) is 5.26 Å². The summed E-state index contributed by atoms with van der Waals surface area (Å²) in [5, 5.41) is 17.9. The molecule has 0 amide bonds. The van der Waals surface area contributed by atoms with Gasteiger partial charge >= 0.3 is 5.97 Å². The molecule has 0 saturated carbocycles. The summed E-state index contributed by atoms with van der Waals surface area (Å²) in [6, 6.07) is 7.34. The van der Waals surface area contributed by atoms with Gasteiger partial charge in [-0.3, -0.25) is 4.79 Å². The Morgan fingerprint density at radius 2 is 2.24 bits per heavy atom. The lowest BCUT2D eigenvalue weighted by Gasteiger charge is -2.28. The third-order valence-electron chi connectivity index (χ3n) is 2.32. The average molecular weight is 297 g/mol. The number of anilines is 1. The van der Waals surface area contributed by atoms with Gasteiger partial charge in [0.25, 0.3) is 0 Å². The number of benzene rings is 1. The van der Waals surface area contributed by atoms with E-state index in [1.807, 2.05) is 13.8 Å². The third kappa shape index (κ3) is 3.46. The molecule has 0 aliphatic heterocycles. The van der Waals surface area contributed by atoms with E-state index in [1.54, 1.807) is 23.1 Å². The molecule has 1 N–H and O–H groups in total. The Hall–Kier alpha value is -1.54. The van der Waals surface area contributed by atoms with Crippen LogP contribution in [0, 0.1) is 11.3 Å². The minimum atomic E-state index is -0.912. The number of rotatable bonds is 4. The lowest BCUT2D eigenvalue weighted by atomic mass is 10.1. The summed E-state index contributed by atoms with van der Waals surface area (Å²) in [4.78, 5) is 12.5. The fraction of sp³-hybridized carbons (Fsp3) is 0.333. The van der Waals surface area contributed by atoms with E-state index in [-0.39, 0.29) is 12.6 Å². The fourth-order valence-corrected chi connectivity index (χ4v) is 1.90. The smallest absolute Gasteiger partial charge is 0.323 e. The number of hydrogen-bond acceptors (Lipinski definition) is 3. The second-order valence-electron chi connectivity index (χ2n) is 3.89. The number of nitrogens with zero attached hydrogens (tertiary/aromatic N) is 2. The quantitative estimate of drug-likeness (QED) is 0.928. The second-order valence-corrected chi connectivity index (χ2v) is 4.80. The first kappa shape index (κ1) is 13.5. The molecule has 0 aliphatic carbocycles. The van der Waals surface area contributed by atoms with Gasteiger partial charge in [0.1, 0.15) is 12.6 Å². The van der Waals surface area contributed by atoms with Crippen molar-refractivity contribution in [1.82, 2.24) is 0 Å². The Bertz CT molecular complexity index is 466. The maximum Gasteiger partial charge on any atom is 0.323 e. The van der Waals surface area contributed by atoms with E-state index in [1.165, 1.54) is 0 Å². The van der Waals surface area contributed by atoms with Crippen molar-refractivity contribution in [2.75, 3.05) is 11.4 Å². The zero-order chi connectivity index (χ0) is 13.0. The van der Waals surface area contributed by atoms with Crippen LogP contribution in [0.4, 0.5) is 5.69 Å². The number of carboxylic acids is 1. The standard InChI is InChI=1S/C12H13BrN2O2/c1-8(2)15(7-12(16)17)11-4-3-10(13)5-9(11)6-14/h3-5,8H,7H2,1-2H3,(H,16,17). The van der Waals surface area contributed by atoms with Crippen LogP contribution in [0.3, 0.4) is 0 Å². The van der Waals surface area contributed by atoms with Crippen LogP contribution in [-0.4, -0.2) is 23.7 Å². The van der Waals surface area contributed by atoms with Gasteiger partial charge in [-0.15, -0.1) is 0 Å². The zero-order valence-electron chi connectivity index (χ0n) is 9.64. The number of aliphatic carboxylic acids is 1. The molecule has 0 atom stereocenters. The first-order chi connectivity index (χ1) is 7.95. The normalized spacial score (nSPS) is 10.1. The highest BCUT2D eigenvalue weighted by Crippen LogP contribution is 2.25. The summed E-state index contributed by atoms with van der Waals surface area (Å²) in [5.74, 6) is -0.912. The van der Waals surface area contributed by atoms with Gasteiger partial charge < -0.3 is 10.0 Å². The van der Waals surface area contributed by atoms with Crippen LogP contribution in [0.25, 0.3) is 0 Å². The molecule has 0 radical (unpaired) electrons. The van der Waals surface area contributed by atoms with E-state index >= 15 is 0 Å². The summed E-state index contributed by atoms with van der Waals surface area (Å²) >= 11 is 3.29. The highest BCUT2D eigenvalue weighted by molar-refractivity contribution is 9.10. The van der Waals surface area contributed by atoms with Crippen LogP contribution >= 0.6 is 15.9 Å². The van der Waals surface area contributed by atoms with E-state index in [0.29, 0.717) is 11.3 Å². The maximum absolute atomic E-state index is 10.8. The van der Waals surface area contributed by atoms with Gasteiger partial charge in [0.05, 0.1) is 11.3 Å². The molecular formula is C12H13BrN2O2. The minimum Gasteiger partial charge on any atom is -0.480 e. The van der Waals surface area contributed by atoms with Crippen molar-refractivity contribution in [3.05, 3.63) is 28.2 Å². The molecule has 90 valence electrons. The van der Waals surface area contributed by atoms with E-state index in [0.717, 1.165) is 4.47 Å². The number of carbonyl (C=O) groups is 1. The van der Waals surface area contributed by atoms with Gasteiger partial charge in [0.15, 0.2) is 0 Å². The molecule has 1 aromatic rings. The third-order valence-corrected chi connectivity index (χ3v) is 2.81. The van der Waals surface area contributed by atoms with Crippen LogP contribution in [0.5, 0.6) is 0 Å². The molecule has 5 heteroatoms.